The average molecular weight is 452 g/mol. The first-order chi connectivity index (χ1) is 14.8. The Labute approximate surface area is 187 Å². The number of aliphatic hydroxyl groups excluding tert-OH is 1. The molecule has 1 aliphatic heterocycles. The van der Waals surface area contributed by atoms with E-state index in [0.29, 0.717) is 24.6 Å². The number of imidazole rings is 1. The zero-order valence-corrected chi connectivity index (χ0v) is 19.7. The first-order valence-electron chi connectivity index (χ1n) is 11.0. The molecule has 0 radical (unpaired) electrons. The van der Waals surface area contributed by atoms with Crippen LogP contribution >= 0.6 is 0 Å². The molecule has 8 heteroatoms. The maximum Gasteiger partial charge on any atom is 0.229 e. The van der Waals surface area contributed by atoms with Gasteiger partial charge in [-0.3, -0.25) is 4.79 Å². The summed E-state index contributed by atoms with van der Waals surface area (Å²) in [6.45, 7) is 14.0. The predicted molar refractivity (Wildman–Crippen MR) is 116 cm³/mol. The molecule has 0 saturated carbocycles. The van der Waals surface area contributed by atoms with Gasteiger partial charge in [0.1, 0.15) is 5.82 Å². The monoisotopic (exact) mass is 451 g/mol. The lowest BCUT2D eigenvalue weighted by Gasteiger charge is -2.45. The Hall–Kier alpha value is -2.35. The maximum atomic E-state index is 14.0. The number of halogens is 3. The number of nitrogens with zero attached hydrogens (tertiary/aromatic N) is 3. The third-order valence-corrected chi connectivity index (χ3v) is 6.37. The minimum absolute atomic E-state index is 0.0265. The summed E-state index contributed by atoms with van der Waals surface area (Å²) in [6.07, 6.45) is -0.799. The largest absolute Gasteiger partial charge is 0.393 e. The van der Waals surface area contributed by atoms with Crippen molar-refractivity contribution in [1.82, 2.24) is 14.5 Å². The van der Waals surface area contributed by atoms with Gasteiger partial charge in [-0.1, -0.05) is 27.7 Å². The van der Waals surface area contributed by atoms with Crippen molar-refractivity contribution in [2.45, 2.75) is 72.6 Å². The van der Waals surface area contributed by atoms with Crippen LogP contribution < -0.4 is 0 Å². The van der Waals surface area contributed by atoms with Gasteiger partial charge in [0.2, 0.25) is 5.91 Å². The smallest absolute Gasteiger partial charge is 0.229 e. The minimum atomic E-state index is -1.52. The van der Waals surface area contributed by atoms with Crippen LogP contribution in [0.4, 0.5) is 13.2 Å². The van der Waals surface area contributed by atoms with Gasteiger partial charge in [-0.2, -0.15) is 0 Å². The van der Waals surface area contributed by atoms with Crippen molar-refractivity contribution >= 4 is 5.91 Å². The number of rotatable bonds is 5. The third kappa shape index (κ3) is 3.93. The van der Waals surface area contributed by atoms with E-state index in [4.69, 9.17) is 4.98 Å². The molecule has 2 aromatic rings. The van der Waals surface area contributed by atoms with Crippen molar-refractivity contribution in [3.8, 4) is 11.3 Å². The first kappa shape index (κ1) is 24.3. The Kier molecular flexibility index (Phi) is 6.48. The van der Waals surface area contributed by atoms with E-state index in [2.05, 4.69) is 0 Å². The number of hydrogen-bond donors (Lipinski definition) is 1. The van der Waals surface area contributed by atoms with Gasteiger partial charge in [-0.05, 0) is 44.7 Å². The summed E-state index contributed by atoms with van der Waals surface area (Å²) in [5, 5.41) is 10.2. The molecule has 1 aromatic carbocycles. The van der Waals surface area contributed by atoms with E-state index in [1.54, 1.807) is 11.8 Å². The van der Waals surface area contributed by atoms with Crippen LogP contribution in [0.5, 0.6) is 0 Å². The minimum Gasteiger partial charge on any atom is -0.393 e. The molecule has 0 saturated heterocycles. The topological polar surface area (TPSA) is 58.4 Å². The van der Waals surface area contributed by atoms with Crippen molar-refractivity contribution in [2.75, 3.05) is 6.54 Å². The molecule has 5 nitrogen and oxygen atoms in total. The van der Waals surface area contributed by atoms with Gasteiger partial charge in [0, 0.05) is 24.3 Å². The zero-order chi connectivity index (χ0) is 24.1. The molecular formula is C24H32F3N3O2. The highest BCUT2D eigenvalue weighted by Crippen LogP contribution is 2.40. The lowest BCUT2D eigenvalue weighted by Crippen LogP contribution is -2.55. The van der Waals surface area contributed by atoms with E-state index in [1.165, 1.54) is 0 Å². The third-order valence-electron chi connectivity index (χ3n) is 6.37. The van der Waals surface area contributed by atoms with E-state index in [1.807, 2.05) is 46.1 Å². The fraction of sp³-hybridized carbons (Fsp3) is 0.583. The molecule has 2 unspecified atom stereocenters. The second kappa shape index (κ2) is 8.54. The van der Waals surface area contributed by atoms with Crippen LogP contribution in [0.1, 0.15) is 65.9 Å². The number of carbonyl (C=O) groups is 1. The van der Waals surface area contributed by atoms with Gasteiger partial charge >= 0.3 is 0 Å². The summed E-state index contributed by atoms with van der Waals surface area (Å²) >= 11 is 0. The quantitative estimate of drug-likeness (QED) is 0.663. The van der Waals surface area contributed by atoms with E-state index in [0.717, 1.165) is 17.8 Å². The number of aliphatic hydroxyl groups is 1. The van der Waals surface area contributed by atoms with E-state index < -0.39 is 35.0 Å². The van der Waals surface area contributed by atoms with E-state index in [-0.39, 0.29) is 23.3 Å². The van der Waals surface area contributed by atoms with Crippen LogP contribution in [0.3, 0.4) is 0 Å². The Bertz CT molecular complexity index is 997. The van der Waals surface area contributed by atoms with Gasteiger partial charge in [-0.25, -0.2) is 18.2 Å². The van der Waals surface area contributed by atoms with Crippen LogP contribution in [0.15, 0.2) is 12.1 Å². The van der Waals surface area contributed by atoms with Gasteiger partial charge in [0.05, 0.1) is 23.3 Å². The summed E-state index contributed by atoms with van der Waals surface area (Å²) in [5.41, 5.74) is 0.494. The molecule has 0 bridgehead atoms. The number of amides is 1. The summed E-state index contributed by atoms with van der Waals surface area (Å²) in [6, 6.07) is 1.91. The normalized spacial score (nSPS) is 17.6. The molecule has 0 spiro atoms. The second-order valence-electron chi connectivity index (χ2n) is 9.79. The molecule has 176 valence electrons. The van der Waals surface area contributed by atoms with E-state index in [9.17, 15) is 23.1 Å². The highest BCUT2D eigenvalue weighted by Gasteiger charge is 2.44. The van der Waals surface area contributed by atoms with Gasteiger partial charge < -0.3 is 14.6 Å². The summed E-state index contributed by atoms with van der Waals surface area (Å²) in [7, 11) is 0. The van der Waals surface area contributed by atoms with Crippen LogP contribution in [0.2, 0.25) is 0 Å². The number of aromatic nitrogens is 2. The number of carbonyl (C=O) groups excluding carboxylic acids is 1. The molecule has 1 amide bonds. The summed E-state index contributed by atoms with van der Waals surface area (Å²) in [5.74, 6) is -4.25. The molecule has 2 atom stereocenters. The van der Waals surface area contributed by atoms with E-state index >= 15 is 0 Å². The Balaban J connectivity index is 2.15. The molecule has 3 rings (SSSR count). The highest BCUT2D eigenvalue weighted by atomic mass is 19.2. The first-order valence-corrected chi connectivity index (χ1v) is 11.0. The van der Waals surface area contributed by atoms with Crippen LogP contribution in [0.25, 0.3) is 11.3 Å². The highest BCUT2D eigenvalue weighted by molar-refractivity contribution is 5.81. The number of fused-ring (bicyclic) bond motifs is 1. The van der Waals surface area contributed by atoms with Crippen molar-refractivity contribution in [3.63, 3.8) is 0 Å². The Morgan fingerprint density at radius 1 is 1.06 bits per heavy atom. The van der Waals surface area contributed by atoms with Crippen LogP contribution in [-0.4, -0.2) is 38.1 Å². The zero-order valence-electron chi connectivity index (χ0n) is 19.7. The fourth-order valence-corrected chi connectivity index (χ4v) is 4.86. The molecular weight excluding hydrogens is 419 g/mol. The van der Waals surface area contributed by atoms with Crippen LogP contribution in [0, 0.1) is 29.3 Å². The standard InChI is InChI=1S/C24H32F3N3O2/c1-12(2)18(14(5)31)22(32)30-9-8-29-21(13(3)4)20(28-23(29)24(30,6)7)15-10-16(25)19(27)17(26)11-15/h10-14,18,31H,8-9H2,1-7H3. The lowest BCUT2D eigenvalue weighted by molar-refractivity contribution is -0.148. The fourth-order valence-electron chi connectivity index (χ4n) is 4.86. The predicted octanol–water partition coefficient (Wildman–Crippen LogP) is 4.82. The van der Waals surface area contributed by atoms with Crippen molar-refractivity contribution in [1.29, 1.82) is 0 Å². The molecule has 1 aliphatic rings. The SMILES string of the molecule is CC(C)c1c(-c2cc(F)c(F)c(F)c2)nc2n1CCN(C(=O)C(C(C)C)C(C)O)C2(C)C. The van der Waals surface area contributed by atoms with Crippen molar-refractivity contribution in [3.05, 3.63) is 41.1 Å². The number of hydrogen-bond acceptors (Lipinski definition) is 3. The summed E-state index contributed by atoms with van der Waals surface area (Å²) < 4.78 is 43.5. The molecule has 2 heterocycles. The van der Waals surface area contributed by atoms with Crippen LogP contribution in [-0.2, 0) is 16.9 Å². The molecule has 1 N–H and O–H groups in total. The average Bonchev–Trinajstić information content (AvgIpc) is 3.06. The molecule has 0 fully saturated rings. The molecule has 32 heavy (non-hydrogen) atoms. The Morgan fingerprint density at radius 2 is 1.62 bits per heavy atom. The van der Waals surface area contributed by atoms with Crippen molar-refractivity contribution < 1.29 is 23.1 Å². The van der Waals surface area contributed by atoms with Gasteiger partial charge in [0.15, 0.2) is 17.5 Å². The molecule has 0 aliphatic carbocycles. The van der Waals surface area contributed by atoms with Gasteiger partial charge in [-0.15, -0.1) is 0 Å². The number of benzene rings is 1. The Morgan fingerprint density at radius 3 is 2.09 bits per heavy atom. The summed E-state index contributed by atoms with van der Waals surface area (Å²) in [4.78, 5) is 19.9. The maximum absolute atomic E-state index is 14.0. The molecule has 1 aromatic heterocycles. The van der Waals surface area contributed by atoms with Gasteiger partial charge in [0.25, 0.3) is 0 Å². The second-order valence-corrected chi connectivity index (χ2v) is 9.79. The lowest BCUT2D eigenvalue weighted by atomic mass is 9.87. The van der Waals surface area contributed by atoms with Crippen molar-refractivity contribution in [2.24, 2.45) is 11.8 Å².